The quantitative estimate of drug-likeness (QED) is 0.314. The van der Waals surface area contributed by atoms with Gasteiger partial charge in [-0.2, -0.15) is 0 Å². The van der Waals surface area contributed by atoms with Crippen molar-refractivity contribution in [3.8, 4) is 0 Å². The van der Waals surface area contributed by atoms with Gasteiger partial charge in [-0.1, -0.05) is 48.5 Å². The molecule has 3 aromatic rings. The third-order valence-electron chi connectivity index (χ3n) is 7.30. The maximum absolute atomic E-state index is 13.2. The molecule has 4 rings (SSSR count). The van der Waals surface area contributed by atoms with Crippen molar-refractivity contribution in [1.29, 1.82) is 0 Å². The van der Waals surface area contributed by atoms with Crippen molar-refractivity contribution >= 4 is 28.3 Å². The van der Waals surface area contributed by atoms with E-state index >= 15 is 0 Å². The van der Waals surface area contributed by atoms with Gasteiger partial charge in [-0.3, -0.25) is 4.79 Å². The highest BCUT2D eigenvalue weighted by atomic mass is 32.2. The molecule has 0 spiro atoms. The Balaban J connectivity index is 1.70. The van der Waals surface area contributed by atoms with E-state index in [9.17, 15) is 9.00 Å². The number of hydrogen-bond donors (Lipinski definition) is 2. The molecule has 1 aliphatic rings. The molecule has 0 aromatic heterocycles. The molecule has 0 bridgehead atoms. The molecule has 6 nitrogen and oxygen atoms in total. The summed E-state index contributed by atoms with van der Waals surface area (Å²) in [5.41, 5.74) is 15.7. The zero-order chi connectivity index (χ0) is 26.5. The molecular weight excluding hydrogens is 482 g/mol. The zero-order valence-corrected chi connectivity index (χ0v) is 23.0. The predicted octanol–water partition coefficient (Wildman–Crippen LogP) is 5.23. The van der Waals surface area contributed by atoms with Gasteiger partial charge in [0.1, 0.15) is 0 Å². The Hall–Kier alpha value is -3.16. The van der Waals surface area contributed by atoms with Crippen LogP contribution in [-0.4, -0.2) is 33.9 Å². The van der Waals surface area contributed by atoms with E-state index in [0.29, 0.717) is 31.1 Å². The normalized spacial score (nSPS) is 16.5. The molecule has 0 saturated heterocycles. The van der Waals surface area contributed by atoms with Gasteiger partial charge >= 0.3 is 5.97 Å². The summed E-state index contributed by atoms with van der Waals surface area (Å²) in [7, 11) is 0.775. The fraction of sp³-hybridized carbons (Fsp3) is 0.367. The highest BCUT2D eigenvalue weighted by molar-refractivity contribution is 7.82. The van der Waals surface area contributed by atoms with Crippen LogP contribution in [0.15, 0.2) is 54.6 Å². The lowest BCUT2D eigenvalue weighted by atomic mass is 9.84. The molecule has 0 radical (unpaired) electrons. The van der Waals surface area contributed by atoms with E-state index < -0.39 is 11.0 Å². The number of benzene rings is 3. The highest BCUT2D eigenvalue weighted by Crippen LogP contribution is 2.36. The van der Waals surface area contributed by atoms with E-state index in [1.54, 1.807) is 0 Å². The molecule has 1 aliphatic heterocycles. The fourth-order valence-corrected chi connectivity index (χ4v) is 6.29. The van der Waals surface area contributed by atoms with Crippen LogP contribution in [0.2, 0.25) is 0 Å². The summed E-state index contributed by atoms with van der Waals surface area (Å²) in [6.45, 7) is 7.47. The minimum atomic E-state index is -1.07. The van der Waals surface area contributed by atoms with Crippen molar-refractivity contribution in [2.24, 2.45) is 0 Å². The van der Waals surface area contributed by atoms with E-state index in [0.717, 1.165) is 39.9 Å². The first-order chi connectivity index (χ1) is 17.8. The maximum atomic E-state index is 13.2. The summed E-state index contributed by atoms with van der Waals surface area (Å²) in [6.07, 6.45) is 1.04. The molecule has 0 fully saturated rings. The van der Waals surface area contributed by atoms with Crippen molar-refractivity contribution in [3.63, 3.8) is 0 Å². The number of nitrogen functional groups attached to an aromatic ring is 1. The number of nitrogens with zero attached hydrogens (tertiary/aromatic N) is 1. The van der Waals surface area contributed by atoms with Crippen LogP contribution in [0.1, 0.15) is 58.2 Å². The first kappa shape index (κ1) is 26.9. The fourth-order valence-electron chi connectivity index (χ4n) is 5.08. The number of esters is 1. The Morgan fingerprint density at radius 1 is 1.14 bits per heavy atom. The Kier molecular flexibility index (Phi) is 8.67. The average Bonchev–Trinajstić information content (AvgIpc) is 3.04. The third kappa shape index (κ3) is 6.05. The number of carbonyl (C=O) groups is 1. The third-order valence-corrected chi connectivity index (χ3v) is 8.69. The summed E-state index contributed by atoms with van der Waals surface area (Å²) in [5.74, 6) is 0.176. The van der Waals surface area contributed by atoms with Crippen LogP contribution in [0.4, 0.5) is 11.4 Å². The van der Waals surface area contributed by atoms with Crippen molar-refractivity contribution in [2.45, 2.75) is 52.6 Å². The molecule has 3 aromatic carbocycles. The van der Waals surface area contributed by atoms with Crippen LogP contribution in [0, 0.1) is 13.8 Å². The van der Waals surface area contributed by atoms with Crippen LogP contribution >= 0.6 is 0 Å². The van der Waals surface area contributed by atoms with E-state index in [4.69, 9.17) is 10.5 Å². The van der Waals surface area contributed by atoms with Crippen LogP contribution < -0.4 is 11.1 Å². The summed E-state index contributed by atoms with van der Waals surface area (Å²) in [5, 5.41) is 3.13. The summed E-state index contributed by atoms with van der Waals surface area (Å²) >= 11 is 0. The molecule has 0 saturated carbocycles. The lowest BCUT2D eigenvalue weighted by molar-refractivity contribution is -0.143. The molecule has 3 N–H and O–H groups in total. The molecule has 7 heteroatoms. The van der Waals surface area contributed by atoms with Gasteiger partial charge in [0.25, 0.3) is 0 Å². The number of hydrogen-bond acceptors (Lipinski definition) is 5. The van der Waals surface area contributed by atoms with Gasteiger partial charge in [-0.25, -0.2) is 8.51 Å². The largest absolute Gasteiger partial charge is 0.466 e. The lowest BCUT2D eigenvalue weighted by Gasteiger charge is -2.24. The number of ether oxygens (including phenoxy) is 1. The zero-order valence-electron chi connectivity index (χ0n) is 22.2. The Morgan fingerprint density at radius 3 is 2.62 bits per heavy atom. The first-order valence-electron chi connectivity index (χ1n) is 12.8. The Morgan fingerprint density at radius 2 is 1.89 bits per heavy atom. The SMILES string of the molecule is CCOC(=O)CC(c1ccc(C)c(CN2Cc3ccccc3CCS2=O)c1)c1ccc(NC)c(N)c1C. The van der Waals surface area contributed by atoms with E-state index in [2.05, 4.69) is 46.9 Å². The van der Waals surface area contributed by atoms with Crippen LogP contribution in [0.5, 0.6) is 0 Å². The van der Waals surface area contributed by atoms with E-state index in [1.165, 1.54) is 11.1 Å². The van der Waals surface area contributed by atoms with E-state index in [-0.39, 0.29) is 18.3 Å². The molecule has 0 amide bonds. The van der Waals surface area contributed by atoms with Crippen molar-refractivity contribution in [3.05, 3.63) is 93.5 Å². The van der Waals surface area contributed by atoms with Gasteiger partial charge in [-0.05, 0) is 72.2 Å². The molecule has 0 aliphatic carbocycles. The molecule has 196 valence electrons. The van der Waals surface area contributed by atoms with Crippen molar-refractivity contribution in [2.75, 3.05) is 30.5 Å². The summed E-state index contributed by atoms with van der Waals surface area (Å²) < 4.78 is 20.5. The number of aryl methyl sites for hydroxylation is 2. The van der Waals surface area contributed by atoms with E-state index in [1.807, 2.05) is 45.2 Å². The first-order valence-corrected chi connectivity index (χ1v) is 14.1. The van der Waals surface area contributed by atoms with Gasteiger partial charge in [0.05, 0.1) is 35.4 Å². The number of nitrogens with two attached hydrogens (primary N) is 1. The smallest absolute Gasteiger partial charge is 0.306 e. The number of fused-ring (bicyclic) bond motifs is 1. The number of carbonyl (C=O) groups excluding carboxylic acids is 1. The summed E-state index contributed by atoms with van der Waals surface area (Å²) in [6, 6.07) is 18.7. The topological polar surface area (TPSA) is 84.7 Å². The Labute approximate surface area is 222 Å². The maximum Gasteiger partial charge on any atom is 0.306 e. The minimum absolute atomic E-state index is 0.207. The standard InChI is InChI=1S/C30H37N3O3S/c1-5-36-29(34)17-27(26-12-13-28(32-4)30(31)21(26)3)23-11-10-20(2)25(16-23)19-33-18-24-9-7-6-8-22(24)14-15-37(33)35/h6-13,16,27,32H,5,14-15,17-19,31H2,1-4H3. The minimum Gasteiger partial charge on any atom is -0.466 e. The second-order valence-corrected chi connectivity index (χ2v) is 11.1. The van der Waals surface area contributed by atoms with Crippen LogP contribution in [0.25, 0.3) is 0 Å². The van der Waals surface area contributed by atoms with Crippen molar-refractivity contribution < 1.29 is 13.7 Å². The number of rotatable bonds is 8. The van der Waals surface area contributed by atoms with Crippen LogP contribution in [-0.2, 0) is 40.0 Å². The molecular formula is C30H37N3O3S. The molecule has 37 heavy (non-hydrogen) atoms. The van der Waals surface area contributed by atoms with Crippen molar-refractivity contribution in [1.82, 2.24) is 4.31 Å². The summed E-state index contributed by atoms with van der Waals surface area (Å²) in [4.78, 5) is 12.7. The molecule has 2 atom stereocenters. The molecule has 2 unspecified atom stereocenters. The monoisotopic (exact) mass is 519 g/mol. The van der Waals surface area contributed by atoms with Gasteiger partial charge in [0.2, 0.25) is 0 Å². The Bertz CT molecular complexity index is 1310. The second kappa shape index (κ2) is 11.9. The van der Waals surface area contributed by atoms with Gasteiger partial charge in [0, 0.05) is 31.8 Å². The number of nitrogens with one attached hydrogen (secondary N) is 1. The lowest BCUT2D eigenvalue weighted by Crippen LogP contribution is -2.26. The predicted molar refractivity (Wildman–Crippen MR) is 152 cm³/mol. The second-order valence-electron chi connectivity index (χ2n) is 9.58. The number of anilines is 2. The van der Waals surface area contributed by atoms with Gasteiger partial charge in [-0.15, -0.1) is 0 Å². The average molecular weight is 520 g/mol. The van der Waals surface area contributed by atoms with Gasteiger partial charge < -0.3 is 15.8 Å². The molecule has 1 heterocycles. The van der Waals surface area contributed by atoms with Crippen LogP contribution in [0.3, 0.4) is 0 Å². The highest BCUT2D eigenvalue weighted by Gasteiger charge is 2.25. The van der Waals surface area contributed by atoms with Gasteiger partial charge in [0.15, 0.2) is 0 Å².